The van der Waals surface area contributed by atoms with Crippen molar-refractivity contribution in [1.29, 1.82) is 0 Å². The predicted molar refractivity (Wildman–Crippen MR) is 96.4 cm³/mol. The van der Waals surface area contributed by atoms with E-state index in [1.54, 1.807) is 12.0 Å². The standard InChI is InChI=1S/C18H26N2O4S/c1-4-18(21)20-8-7-19(15-11-25(22,23)12-16(15)20)10-14-5-6-17(24-3)13(2)9-14/h5-6,9,15-16H,4,7-8,10-12H2,1-3H3/t15-,16+/m0/s1. The van der Waals surface area contributed by atoms with Gasteiger partial charge in [-0.25, -0.2) is 8.42 Å². The number of nitrogens with zero attached hydrogens (tertiary/aromatic N) is 2. The molecule has 2 aliphatic heterocycles. The number of aryl methyl sites for hydroxylation is 1. The summed E-state index contributed by atoms with van der Waals surface area (Å²) < 4.78 is 29.7. The zero-order chi connectivity index (χ0) is 18.2. The van der Waals surface area contributed by atoms with Crippen molar-refractivity contribution in [1.82, 2.24) is 9.80 Å². The van der Waals surface area contributed by atoms with Gasteiger partial charge in [-0.2, -0.15) is 0 Å². The highest BCUT2D eigenvalue weighted by Gasteiger charge is 2.47. The summed E-state index contributed by atoms with van der Waals surface area (Å²) in [6.45, 7) is 5.82. The van der Waals surface area contributed by atoms with Gasteiger partial charge in [0.1, 0.15) is 5.75 Å². The van der Waals surface area contributed by atoms with Crippen molar-refractivity contribution in [2.75, 3.05) is 31.7 Å². The zero-order valence-electron chi connectivity index (χ0n) is 15.1. The quantitative estimate of drug-likeness (QED) is 0.802. The maximum Gasteiger partial charge on any atom is 0.222 e. The topological polar surface area (TPSA) is 66.9 Å². The number of benzene rings is 1. The molecule has 2 heterocycles. The van der Waals surface area contributed by atoms with Gasteiger partial charge < -0.3 is 9.64 Å². The molecule has 0 radical (unpaired) electrons. The third-order valence-electron chi connectivity index (χ3n) is 5.26. The maximum absolute atomic E-state index is 12.2. The highest BCUT2D eigenvalue weighted by molar-refractivity contribution is 7.91. The van der Waals surface area contributed by atoms with Gasteiger partial charge in [0.05, 0.1) is 24.7 Å². The lowest BCUT2D eigenvalue weighted by molar-refractivity contribution is -0.136. The van der Waals surface area contributed by atoms with Crippen molar-refractivity contribution < 1.29 is 17.9 Å². The average molecular weight is 366 g/mol. The Balaban J connectivity index is 1.81. The second-order valence-corrected chi connectivity index (χ2v) is 9.08. The van der Waals surface area contributed by atoms with Crippen LogP contribution in [0.5, 0.6) is 5.75 Å². The normalized spacial score (nSPS) is 25.6. The van der Waals surface area contributed by atoms with Crippen LogP contribution in [0.4, 0.5) is 0 Å². The van der Waals surface area contributed by atoms with Gasteiger partial charge in [0.15, 0.2) is 9.84 Å². The second-order valence-electron chi connectivity index (χ2n) is 6.93. The highest BCUT2D eigenvalue weighted by atomic mass is 32.2. The molecule has 0 aliphatic carbocycles. The summed E-state index contributed by atoms with van der Waals surface area (Å²) in [6.07, 6.45) is 0.418. The van der Waals surface area contributed by atoms with Crippen LogP contribution < -0.4 is 4.74 Å². The summed E-state index contributed by atoms with van der Waals surface area (Å²) >= 11 is 0. The van der Waals surface area contributed by atoms with Crippen molar-refractivity contribution in [3.63, 3.8) is 0 Å². The first kappa shape index (κ1) is 18.2. The SMILES string of the molecule is CCC(=O)N1CCN(Cc2ccc(OC)c(C)c2)[C@H]2CS(=O)(=O)C[C@H]21. The molecule has 25 heavy (non-hydrogen) atoms. The molecule has 2 fully saturated rings. The number of ether oxygens (including phenoxy) is 1. The first-order chi connectivity index (χ1) is 11.8. The van der Waals surface area contributed by atoms with Crippen LogP contribution >= 0.6 is 0 Å². The molecule has 0 unspecified atom stereocenters. The molecule has 2 saturated heterocycles. The van der Waals surface area contributed by atoms with E-state index in [0.717, 1.165) is 16.9 Å². The van der Waals surface area contributed by atoms with E-state index in [-0.39, 0.29) is 29.5 Å². The molecule has 1 aromatic rings. The summed E-state index contributed by atoms with van der Waals surface area (Å²) in [6, 6.07) is 5.72. The number of hydrogen-bond donors (Lipinski definition) is 0. The van der Waals surface area contributed by atoms with E-state index in [0.29, 0.717) is 26.1 Å². The molecule has 6 nitrogen and oxygen atoms in total. The Hall–Kier alpha value is -1.60. The Morgan fingerprint density at radius 1 is 1.24 bits per heavy atom. The first-order valence-corrected chi connectivity index (χ1v) is 10.5. The predicted octanol–water partition coefficient (Wildman–Crippen LogP) is 1.22. The minimum absolute atomic E-state index is 0.0482. The molecular formula is C18H26N2O4S. The smallest absolute Gasteiger partial charge is 0.222 e. The van der Waals surface area contributed by atoms with E-state index in [1.165, 1.54) is 0 Å². The zero-order valence-corrected chi connectivity index (χ0v) is 15.9. The number of sulfone groups is 1. The third kappa shape index (κ3) is 3.67. The van der Waals surface area contributed by atoms with Crippen molar-refractivity contribution in [2.45, 2.75) is 38.9 Å². The molecule has 1 amide bonds. The van der Waals surface area contributed by atoms with Crippen molar-refractivity contribution in [2.24, 2.45) is 0 Å². The number of methoxy groups -OCH3 is 1. The fourth-order valence-electron chi connectivity index (χ4n) is 4.01. The fraction of sp³-hybridized carbons (Fsp3) is 0.611. The van der Waals surface area contributed by atoms with Crippen LogP contribution in [-0.4, -0.2) is 67.9 Å². The molecule has 0 saturated carbocycles. The lowest BCUT2D eigenvalue weighted by Crippen LogP contribution is -2.60. The van der Waals surface area contributed by atoms with Gasteiger partial charge in [-0.1, -0.05) is 19.1 Å². The summed E-state index contributed by atoms with van der Waals surface area (Å²) in [7, 11) is -1.45. The molecular weight excluding hydrogens is 340 g/mol. The molecule has 2 atom stereocenters. The van der Waals surface area contributed by atoms with Gasteiger partial charge in [0.2, 0.25) is 5.91 Å². The monoisotopic (exact) mass is 366 g/mol. The fourth-order valence-corrected chi connectivity index (χ4v) is 6.02. The Kier molecular flexibility index (Phi) is 5.06. The van der Waals surface area contributed by atoms with E-state index in [2.05, 4.69) is 11.0 Å². The Morgan fingerprint density at radius 3 is 2.60 bits per heavy atom. The van der Waals surface area contributed by atoms with Crippen molar-refractivity contribution in [3.05, 3.63) is 29.3 Å². The highest BCUT2D eigenvalue weighted by Crippen LogP contribution is 2.29. The van der Waals surface area contributed by atoms with Crippen LogP contribution in [0.25, 0.3) is 0 Å². The van der Waals surface area contributed by atoms with Gasteiger partial charge in [-0.05, 0) is 24.1 Å². The van der Waals surface area contributed by atoms with E-state index in [4.69, 9.17) is 4.74 Å². The summed E-state index contributed by atoms with van der Waals surface area (Å²) in [5.41, 5.74) is 2.20. The van der Waals surface area contributed by atoms with Crippen LogP contribution in [0, 0.1) is 6.92 Å². The molecule has 0 aromatic heterocycles. The van der Waals surface area contributed by atoms with E-state index >= 15 is 0 Å². The van der Waals surface area contributed by atoms with Crippen molar-refractivity contribution >= 4 is 15.7 Å². The van der Waals surface area contributed by atoms with Crippen LogP contribution in [-0.2, 0) is 21.2 Å². The summed E-state index contributed by atoms with van der Waals surface area (Å²) in [5, 5.41) is 0. The lowest BCUT2D eigenvalue weighted by Gasteiger charge is -2.44. The molecule has 3 rings (SSSR count). The number of piperazine rings is 1. The number of amides is 1. The van der Waals surface area contributed by atoms with Crippen LogP contribution in [0.15, 0.2) is 18.2 Å². The average Bonchev–Trinajstić information content (AvgIpc) is 2.90. The van der Waals surface area contributed by atoms with E-state index < -0.39 is 9.84 Å². The Morgan fingerprint density at radius 2 is 1.96 bits per heavy atom. The minimum atomic E-state index is -3.10. The van der Waals surface area contributed by atoms with Gasteiger partial charge in [0.25, 0.3) is 0 Å². The number of hydrogen-bond acceptors (Lipinski definition) is 5. The number of carbonyl (C=O) groups excluding carboxylic acids is 1. The van der Waals surface area contributed by atoms with E-state index in [1.807, 2.05) is 26.0 Å². The molecule has 0 spiro atoms. The van der Waals surface area contributed by atoms with Gasteiger partial charge >= 0.3 is 0 Å². The van der Waals surface area contributed by atoms with Gasteiger partial charge in [-0.15, -0.1) is 0 Å². The molecule has 2 aliphatic rings. The van der Waals surface area contributed by atoms with Crippen LogP contribution in [0.3, 0.4) is 0 Å². The molecule has 1 aromatic carbocycles. The van der Waals surface area contributed by atoms with E-state index in [9.17, 15) is 13.2 Å². The Labute approximate surface area is 149 Å². The number of fused-ring (bicyclic) bond motifs is 1. The van der Waals surface area contributed by atoms with Crippen LogP contribution in [0.1, 0.15) is 24.5 Å². The van der Waals surface area contributed by atoms with Gasteiger partial charge in [-0.3, -0.25) is 9.69 Å². The minimum Gasteiger partial charge on any atom is -0.496 e. The lowest BCUT2D eigenvalue weighted by atomic mass is 10.0. The van der Waals surface area contributed by atoms with Gasteiger partial charge in [0, 0.05) is 32.1 Å². The number of carbonyl (C=O) groups is 1. The largest absolute Gasteiger partial charge is 0.496 e. The Bertz CT molecular complexity index is 762. The summed E-state index contributed by atoms with van der Waals surface area (Å²) in [4.78, 5) is 16.2. The molecule has 0 bridgehead atoms. The number of rotatable bonds is 4. The third-order valence-corrected chi connectivity index (χ3v) is 6.96. The molecule has 7 heteroatoms. The van der Waals surface area contributed by atoms with Crippen molar-refractivity contribution in [3.8, 4) is 5.75 Å². The first-order valence-electron chi connectivity index (χ1n) is 8.72. The molecule has 138 valence electrons. The maximum atomic E-state index is 12.2. The molecule has 0 N–H and O–H groups in total. The van der Waals surface area contributed by atoms with Crippen LogP contribution in [0.2, 0.25) is 0 Å². The summed E-state index contributed by atoms with van der Waals surface area (Å²) in [5.74, 6) is 1.12. The second kappa shape index (κ2) is 6.96.